The fraction of sp³-hybridized carbons (Fsp3) is 0.333. The number of carbonyl (C=O) groups is 2. The number of carboxylic acids is 1. The van der Waals surface area contributed by atoms with Crippen molar-refractivity contribution in [1.29, 1.82) is 0 Å². The molecule has 1 amide bonds. The van der Waals surface area contributed by atoms with Crippen LogP contribution in [0, 0.1) is 0 Å². The van der Waals surface area contributed by atoms with Crippen LogP contribution >= 0.6 is 0 Å². The molecule has 0 unspecified atom stereocenters. The van der Waals surface area contributed by atoms with Gasteiger partial charge < -0.3 is 16.2 Å². The SMILES string of the molecule is C=CC(=O)O.CNCC(N)=O. The Balaban J connectivity index is 0. The zero-order valence-electron chi connectivity index (χ0n) is 6.33. The van der Waals surface area contributed by atoms with Crippen molar-refractivity contribution in [1.82, 2.24) is 5.32 Å². The van der Waals surface area contributed by atoms with Gasteiger partial charge in [0, 0.05) is 6.08 Å². The third-order valence-corrected chi connectivity index (χ3v) is 0.526. The van der Waals surface area contributed by atoms with Crippen LogP contribution in [0.4, 0.5) is 0 Å². The molecule has 0 bridgehead atoms. The number of nitrogens with one attached hydrogen (secondary N) is 1. The summed E-state index contributed by atoms with van der Waals surface area (Å²) >= 11 is 0. The van der Waals surface area contributed by atoms with Crippen LogP contribution in [0.2, 0.25) is 0 Å². The summed E-state index contributed by atoms with van der Waals surface area (Å²) in [5.74, 6) is -1.30. The molecule has 0 atom stereocenters. The van der Waals surface area contributed by atoms with Crippen LogP contribution in [0.1, 0.15) is 0 Å². The smallest absolute Gasteiger partial charge is 0.327 e. The van der Waals surface area contributed by atoms with Gasteiger partial charge in [-0.25, -0.2) is 4.79 Å². The molecule has 0 radical (unpaired) electrons. The maximum atomic E-state index is 9.76. The quantitative estimate of drug-likeness (QED) is 0.459. The van der Waals surface area contributed by atoms with E-state index in [0.717, 1.165) is 6.08 Å². The minimum atomic E-state index is -0.981. The van der Waals surface area contributed by atoms with Crippen LogP contribution in [0.15, 0.2) is 12.7 Å². The van der Waals surface area contributed by atoms with Gasteiger partial charge in [0.05, 0.1) is 6.54 Å². The third-order valence-electron chi connectivity index (χ3n) is 0.526. The Bertz CT molecular complexity index is 145. The predicted octanol–water partition coefficient (Wildman–Crippen LogP) is -1.05. The van der Waals surface area contributed by atoms with E-state index in [0.29, 0.717) is 0 Å². The van der Waals surface area contributed by atoms with Gasteiger partial charge in [0.15, 0.2) is 0 Å². The van der Waals surface area contributed by atoms with Crippen molar-refractivity contribution in [3.63, 3.8) is 0 Å². The molecule has 0 heterocycles. The number of hydrogen-bond acceptors (Lipinski definition) is 3. The lowest BCUT2D eigenvalue weighted by atomic mass is 10.6. The Kier molecular flexibility index (Phi) is 9.68. The molecular formula is C6H12N2O3. The van der Waals surface area contributed by atoms with Crippen molar-refractivity contribution in [3.8, 4) is 0 Å². The second-order valence-corrected chi connectivity index (χ2v) is 1.54. The molecule has 5 nitrogen and oxygen atoms in total. The average Bonchev–Trinajstić information content (AvgIpc) is 1.89. The van der Waals surface area contributed by atoms with Gasteiger partial charge in [-0.2, -0.15) is 0 Å². The zero-order chi connectivity index (χ0) is 9.28. The van der Waals surface area contributed by atoms with Crippen molar-refractivity contribution < 1.29 is 14.7 Å². The van der Waals surface area contributed by atoms with E-state index in [2.05, 4.69) is 11.9 Å². The molecule has 11 heavy (non-hydrogen) atoms. The highest BCUT2D eigenvalue weighted by molar-refractivity contribution is 5.78. The standard InChI is InChI=1S/C3H8N2O.C3H4O2/c1-5-2-3(4)6;1-2-3(4)5/h5H,2H2,1H3,(H2,4,6);2H,1H2,(H,4,5). The number of carboxylic acid groups (broad SMARTS) is 1. The summed E-state index contributed by atoms with van der Waals surface area (Å²) in [5.41, 5.74) is 4.70. The average molecular weight is 160 g/mol. The normalized spacial score (nSPS) is 7.36. The van der Waals surface area contributed by atoms with Crippen LogP contribution in [0.25, 0.3) is 0 Å². The van der Waals surface area contributed by atoms with E-state index in [1.807, 2.05) is 0 Å². The molecule has 0 fully saturated rings. The topological polar surface area (TPSA) is 92.4 Å². The summed E-state index contributed by atoms with van der Waals surface area (Å²) in [4.78, 5) is 19.0. The van der Waals surface area contributed by atoms with Gasteiger partial charge in [-0.05, 0) is 7.05 Å². The van der Waals surface area contributed by atoms with E-state index >= 15 is 0 Å². The van der Waals surface area contributed by atoms with Gasteiger partial charge >= 0.3 is 5.97 Å². The number of rotatable bonds is 3. The highest BCUT2D eigenvalue weighted by Crippen LogP contribution is 1.54. The van der Waals surface area contributed by atoms with Crippen molar-refractivity contribution in [3.05, 3.63) is 12.7 Å². The first-order chi connectivity index (χ1) is 5.04. The molecule has 0 aromatic rings. The number of hydrogen-bond donors (Lipinski definition) is 3. The van der Waals surface area contributed by atoms with Crippen molar-refractivity contribution in [2.24, 2.45) is 5.73 Å². The lowest BCUT2D eigenvalue weighted by Crippen LogP contribution is -2.25. The van der Waals surface area contributed by atoms with E-state index < -0.39 is 5.97 Å². The number of likely N-dealkylation sites (N-methyl/N-ethyl adjacent to an activating group) is 1. The predicted molar refractivity (Wildman–Crippen MR) is 41.0 cm³/mol. The molecule has 5 heteroatoms. The van der Waals surface area contributed by atoms with Crippen LogP contribution in [0.5, 0.6) is 0 Å². The van der Waals surface area contributed by atoms with Crippen LogP contribution in [0.3, 0.4) is 0 Å². The van der Waals surface area contributed by atoms with E-state index in [9.17, 15) is 9.59 Å². The first-order valence-corrected chi connectivity index (χ1v) is 2.82. The minimum Gasteiger partial charge on any atom is -0.478 e. The number of nitrogens with two attached hydrogens (primary N) is 1. The summed E-state index contributed by atoms with van der Waals surface area (Å²) in [5, 5.41) is 10.2. The van der Waals surface area contributed by atoms with Crippen molar-refractivity contribution >= 4 is 11.9 Å². The first-order valence-electron chi connectivity index (χ1n) is 2.82. The Morgan fingerprint density at radius 1 is 1.73 bits per heavy atom. The monoisotopic (exact) mass is 160 g/mol. The highest BCUT2D eigenvalue weighted by Gasteiger charge is 1.82. The molecule has 0 saturated heterocycles. The molecule has 4 N–H and O–H groups in total. The van der Waals surface area contributed by atoms with Gasteiger partial charge in [0.2, 0.25) is 5.91 Å². The lowest BCUT2D eigenvalue weighted by Gasteiger charge is -1.85. The van der Waals surface area contributed by atoms with Gasteiger partial charge in [0.1, 0.15) is 0 Å². The van der Waals surface area contributed by atoms with E-state index in [1.165, 1.54) is 0 Å². The number of aliphatic carboxylic acids is 1. The summed E-state index contributed by atoms with van der Waals surface area (Å²) in [7, 11) is 1.67. The lowest BCUT2D eigenvalue weighted by molar-refractivity contribution is -0.131. The van der Waals surface area contributed by atoms with Crippen molar-refractivity contribution in [2.75, 3.05) is 13.6 Å². The largest absolute Gasteiger partial charge is 0.478 e. The minimum absolute atomic E-state index is 0.264. The van der Waals surface area contributed by atoms with Crippen LogP contribution in [-0.4, -0.2) is 30.6 Å². The van der Waals surface area contributed by atoms with E-state index in [1.54, 1.807) is 7.05 Å². The summed E-state index contributed by atoms with van der Waals surface area (Å²) in [6.45, 7) is 3.22. The van der Waals surface area contributed by atoms with E-state index in [4.69, 9.17) is 10.8 Å². The van der Waals surface area contributed by atoms with Gasteiger partial charge in [-0.1, -0.05) is 6.58 Å². The molecule has 0 aliphatic rings. The summed E-state index contributed by atoms with van der Waals surface area (Å²) in [6, 6.07) is 0. The Hall–Kier alpha value is -1.36. The molecule has 64 valence electrons. The molecule has 0 aliphatic heterocycles. The van der Waals surface area contributed by atoms with Gasteiger partial charge in [0.25, 0.3) is 0 Å². The maximum absolute atomic E-state index is 9.76. The second kappa shape index (κ2) is 8.64. The zero-order valence-corrected chi connectivity index (χ0v) is 6.33. The Morgan fingerprint density at radius 3 is 2.09 bits per heavy atom. The fourth-order valence-corrected chi connectivity index (χ4v) is 0.174. The summed E-state index contributed by atoms with van der Waals surface area (Å²) < 4.78 is 0. The van der Waals surface area contributed by atoms with Gasteiger partial charge in [-0.15, -0.1) is 0 Å². The third kappa shape index (κ3) is 28.8. The van der Waals surface area contributed by atoms with Crippen LogP contribution in [-0.2, 0) is 9.59 Å². The number of amides is 1. The highest BCUT2D eigenvalue weighted by atomic mass is 16.4. The van der Waals surface area contributed by atoms with Gasteiger partial charge in [-0.3, -0.25) is 4.79 Å². The first kappa shape index (κ1) is 12.3. The molecule has 0 rings (SSSR count). The van der Waals surface area contributed by atoms with Crippen LogP contribution < -0.4 is 11.1 Å². The molecule has 0 spiro atoms. The molecular weight excluding hydrogens is 148 g/mol. The summed E-state index contributed by atoms with van der Waals surface area (Å²) in [6.07, 6.45) is 0.833. The Morgan fingerprint density at radius 2 is 2.09 bits per heavy atom. The molecule has 0 saturated carbocycles. The van der Waals surface area contributed by atoms with E-state index in [-0.39, 0.29) is 12.5 Å². The molecule has 0 aromatic heterocycles. The number of primary amides is 1. The van der Waals surface area contributed by atoms with Crippen molar-refractivity contribution in [2.45, 2.75) is 0 Å². The Labute approximate surface area is 64.9 Å². The maximum Gasteiger partial charge on any atom is 0.327 e. The second-order valence-electron chi connectivity index (χ2n) is 1.54. The fourth-order valence-electron chi connectivity index (χ4n) is 0.174. The molecule has 0 aromatic carbocycles. The number of carbonyl (C=O) groups excluding carboxylic acids is 1. The molecule has 0 aliphatic carbocycles.